The third kappa shape index (κ3) is 4.64. The Morgan fingerprint density at radius 2 is 0.967 bits per heavy atom. The van der Waals surface area contributed by atoms with Crippen LogP contribution in [-0.4, -0.2) is 0 Å². The second-order valence-corrected chi connectivity index (χ2v) is 17.0. The second kappa shape index (κ2) is 12.8. The van der Waals surface area contributed by atoms with E-state index >= 15 is 0 Å². The van der Waals surface area contributed by atoms with E-state index in [2.05, 4.69) is 217 Å². The van der Waals surface area contributed by atoms with Crippen molar-refractivity contribution in [2.24, 2.45) is 0 Å². The Morgan fingerprint density at radius 3 is 1.75 bits per heavy atom. The third-order valence-electron chi connectivity index (χ3n) is 12.9. The quantitative estimate of drug-likeness (QED) is 0.176. The minimum atomic E-state index is -0.574. The molecule has 13 rings (SSSR count). The van der Waals surface area contributed by atoms with Gasteiger partial charge in [0.2, 0.25) is 0 Å². The molecule has 0 saturated carbocycles. The molecule has 0 atom stereocenters. The fourth-order valence-electron chi connectivity index (χ4n) is 10.4. The fourth-order valence-corrected chi connectivity index (χ4v) is 11.5. The topological polar surface area (TPSA) is 12.5 Å². The van der Waals surface area contributed by atoms with Gasteiger partial charge in [0.15, 0.2) is 0 Å². The van der Waals surface area contributed by atoms with Crippen molar-refractivity contribution in [3.63, 3.8) is 0 Å². The summed E-state index contributed by atoms with van der Waals surface area (Å²) in [6, 6.07) is 77.9. The molecule has 0 fully saturated rings. The number of hydrogen-bond acceptors (Lipinski definition) is 3. The molecular weight excluding hydrogens is 747 g/mol. The van der Waals surface area contributed by atoms with Gasteiger partial charge >= 0.3 is 0 Å². The first-order valence-corrected chi connectivity index (χ1v) is 21.4. The number of hydrogen-bond donors (Lipinski definition) is 0. The summed E-state index contributed by atoms with van der Waals surface area (Å²) >= 11 is 1.86. The number of rotatable bonds is 4. The maximum absolute atomic E-state index is 7.16. The molecule has 2 heterocycles. The number of anilines is 3. The standard InChI is InChI=1S/C57H35NOS/c1-2-17-40(18-3-1)58(51-25-13-27-53-54(51)45-23-9-11-26-52(45)60-53)41-19-12-16-38(34-41)39-30-31-48-46(35-39)44-22-8-10-24-47(44)57(48)49-32-28-36-14-4-6-20-42(36)55(49)59-56-43-21-7-5-15-37(43)29-33-50(56)57/h1-35H. The highest BCUT2D eigenvalue weighted by Gasteiger charge is 2.51. The maximum Gasteiger partial charge on any atom is 0.140 e. The molecule has 1 aromatic heterocycles. The lowest BCUT2D eigenvalue weighted by molar-refractivity contribution is 0.447. The fraction of sp³-hybridized carbons (Fsp3) is 0.0175. The van der Waals surface area contributed by atoms with Crippen molar-refractivity contribution in [3.8, 4) is 33.8 Å². The van der Waals surface area contributed by atoms with Gasteiger partial charge in [-0.25, -0.2) is 0 Å². The largest absolute Gasteiger partial charge is 0.455 e. The van der Waals surface area contributed by atoms with Crippen LogP contribution >= 0.6 is 11.3 Å². The zero-order valence-corrected chi connectivity index (χ0v) is 33.3. The normalized spacial score (nSPS) is 13.3. The summed E-state index contributed by atoms with van der Waals surface area (Å²) < 4.78 is 9.75. The molecule has 11 aromatic rings. The third-order valence-corrected chi connectivity index (χ3v) is 14.0. The molecule has 0 amide bonds. The molecule has 1 aliphatic heterocycles. The predicted molar refractivity (Wildman–Crippen MR) is 252 cm³/mol. The van der Waals surface area contributed by atoms with Crippen molar-refractivity contribution in [2.75, 3.05) is 4.90 Å². The lowest BCUT2D eigenvalue weighted by atomic mass is 9.65. The van der Waals surface area contributed by atoms with E-state index in [1.807, 2.05) is 11.3 Å². The molecule has 2 nitrogen and oxygen atoms in total. The summed E-state index contributed by atoms with van der Waals surface area (Å²) in [6.07, 6.45) is 0. The van der Waals surface area contributed by atoms with Gasteiger partial charge in [0.1, 0.15) is 11.5 Å². The minimum Gasteiger partial charge on any atom is -0.455 e. The van der Waals surface area contributed by atoms with Crippen molar-refractivity contribution in [1.82, 2.24) is 0 Å². The Hall–Kier alpha value is -7.46. The molecule has 2 aliphatic rings. The summed E-state index contributed by atoms with van der Waals surface area (Å²) in [4.78, 5) is 2.42. The van der Waals surface area contributed by atoms with E-state index in [4.69, 9.17) is 4.74 Å². The molecule has 0 saturated heterocycles. The second-order valence-electron chi connectivity index (χ2n) is 16.0. The molecule has 3 heteroatoms. The number of fused-ring (bicyclic) bond motifs is 16. The van der Waals surface area contributed by atoms with Gasteiger partial charge in [0, 0.05) is 53.4 Å². The van der Waals surface area contributed by atoms with Crippen LogP contribution < -0.4 is 9.64 Å². The van der Waals surface area contributed by atoms with Crippen LogP contribution in [0.2, 0.25) is 0 Å². The molecule has 1 aliphatic carbocycles. The van der Waals surface area contributed by atoms with E-state index in [1.165, 1.54) is 81.1 Å². The first-order valence-electron chi connectivity index (χ1n) is 20.6. The average molecular weight is 782 g/mol. The van der Waals surface area contributed by atoms with Crippen LogP contribution in [0.1, 0.15) is 22.3 Å². The number of nitrogens with zero attached hydrogens (tertiary/aromatic N) is 1. The zero-order chi connectivity index (χ0) is 39.4. The van der Waals surface area contributed by atoms with Gasteiger partial charge < -0.3 is 9.64 Å². The monoisotopic (exact) mass is 781 g/mol. The smallest absolute Gasteiger partial charge is 0.140 e. The maximum atomic E-state index is 7.16. The SMILES string of the molecule is c1ccc(N(c2cccc(-c3ccc4c(c3)-c3ccccc3C43c4ccc5ccccc5c4Oc4c3ccc3ccccc43)c2)c2cccc3sc4ccccc4c23)cc1. The van der Waals surface area contributed by atoms with Crippen LogP contribution in [0.5, 0.6) is 11.5 Å². The van der Waals surface area contributed by atoms with Gasteiger partial charge in [0.25, 0.3) is 0 Å². The Kier molecular flexibility index (Phi) is 7.13. The Bertz CT molecular complexity index is 3460. The summed E-state index contributed by atoms with van der Waals surface area (Å²) in [5.74, 6) is 1.87. The molecule has 1 spiro atoms. The summed E-state index contributed by atoms with van der Waals surface area (Å²) in [5.41, 5.74) is 12.6. The van der Waals surface area contributed by atoms with Crippen LogP contribution in [0.15, 0.2) is 212 Å². The molecule has 10 aromatic carbocycles. The van der Waals surface area contributed by atoms with Crippen molar-refractivity contribution in [1.29, 1.82) is 0 Å². The first kappa shape index (κ1) is 33.5. The molecule has 0 bridgehead atoms. The first-order chi connectivity index (χ1) is 29.8. The van der Waals surface area contributed by atoms with Crippen LogP contribution in [0, 0.1) is 0 Å². The van der Waals surface area contributed by atoms with Gasteiger partial charge in [-0.1, -0.05) is 164 Å². The molecule has 0 unspecified atom stereocenters. The number of para-hydroxylation sites is 1. The molecule has 0 radical (unpaired) electrons. The zero-order valence-electron chi connectivity index (χ0n) is 32.5. The Labute approximate surface area is 351 Å². The average Bonchev–Trinajstić information content (AvgIpc) is 3.84. The van der Waals surface area contributed by atoms with Crippen LogP contribution in [0.4, 0.5) is 17.1 Å². The van der Waals surface area contributed by atoms with Gasteiger partial charge in [-0.3, -0.25) is 0 Å². The summed E-state index contributed by atoms with van der Waals surface area (Å²) in [7, 11) is 0. The molecule has 280 valence electrons. The van der Waals surface area contributed by atoms with Gasteiger partial charge in [0.05, 0.1) is 11.1 Å². The van der Waals surface area contributed by atoms with E-state index in [1.54, 1.807) is 0 Å². The molecule has 0 N–H and O–H groups in total. The number of thiophene rings is 1. The van der Waals surface area contributed by atoms with Crippen LogP contribution in [0.25, 0.3) is 64.0 Å². The molecular formula is C57H35NOS. The molecule has 60 heavy (non-hydrogen) atoms. The number of benzene rings is 10. The van der Waals surface area contributed by atoms with Crippen molar-refractivity contribution >= 4 is 70.1 Å². The minimum absolute atomic E-state index is 0.574. The summed E-state index contributed by atoms with van der Waals surface area (Å²) in [6.45, 7) is 0. The Morgan fingerprint density at radius 1 is 0.383 bits per heavy atom. The lowest BCUT2D eigenvalue weighted by Crippen LogP contribution is -2.32. The highest BCUT2D eigenvalue weighted by molar-refractivity contribution is 7.26. The van der Waals surface area contributed by atoms with Crippen LogP contribution in [-0.2, 0) is 5.41 Å². The highest BCUT2D eigenvalue weighted by Crippen LogP contribution is 2.64. The van der Waals surface area contributed by atoms with E-state index in [-0.39, 0.29) is 0 Å². The van der Waals surface area contributed by atoms with Crippen molar-refractivity contribution < 1.29 is 4.74 Å². The van der Waals surface area contributed by atoms with Gasteiger partial charge in [-0.15, -0.1) is 11.3 Å². The number of ether oxygens (including phenoxy) is 1. The summed E-state index contributed by atoms with van der Waals surface area (Å²) in [5, 5.41) is 7.16. The van der Waals surface area contributed by atoms with Gasteiger partial charge in [-0.05, 0) is 92.7 Å². The van der Waals surface area contributed by atoms with E-state index in [0.717, 1.165) is 33.6 Å². The van der Waals surface area contributed by atoms with Crippen LogP contribution in [0.3, 0.4) is 0 Å². The van der Waals surface area contributed by atoms with Crippen molar-refractivity contribution in [3.05, 3.63) is 235 Å². The Balaban J connectivity index is 1.03. The van der Waals surface area contributed by atoms with E-state index in [9.17, 15) is 0 Å². The van der Waals surface area contributed by atoms with E-state index in [0.29, 0.717) is 0 Å². The van der Waals surface area contributed by atoms with E-state index < -0.39 is 5.41 Å². The van der Waals surface area contributed by atoms with Crippen molar-refractivity contribution in [2.45, 2.75) is 5.41 Å². The lowest BCUT2D eigenvalue weighted by Gasteiger charge is -2.40. The highest BCUT2D eigenvalue weighted by atomic mass is 32.1. The predicted octanol–water partition coefficient (Wildman–Crippen LogP) is 16.0. The van der Waals surface area contributed by atoms with Gasteiger partial charge in [-0.2, -0.15) is 0 Å².